The van der Waals surface area contributed by atoms with E-state index in [1.54, 1.807) is 0 Å². The molecule has 0 bridgehead atoms. The van der Waals surface area contributed by atoms with Gasteiger partial charge in [0.15, 0.2) is 0 Å². The van der Waals surface area contributed by atoms with Gasteiger partial charge in [0.05, 0.1) is 12.5 Å². The summed E-state index contributed by atoms with van der Waals surface area (Å²) in [4.78, 5) is 0. The van der Waals surface area contributed by atoms with Crippen molar-refractivity contribution < 1.29 is 4.74 Å². The van der Waals surface area contributed by atoms with E-state index in [0.29, 0.717) is 0 Å². The van der Waals surface area contributed by atoms with Crippen molar-refractivity contribution in [1.82, 2.24) is 0 Å². The standard InChI is InChI=1S/C4H8OS/c1-4-2-5-3-6-4/h4H,2-3H2,1H3/t4-/m1/s1. The molecule has 0 aromatic rings. The second-order valence-corrected chi connectivity index (χ2v) is 2.84. The van der Waals surface area contributed by atoms with Crippen molar-refractivity contribution in [3.8, 4) is 0 Å². The Morgan fingerprint density at radius 1 is 1.83 bits per heavy atom. The summed E-state index contributed by atoms with van der Waals surface area (Å²) in [6.07, 6.45) is 0. The first-order chi connectivity index (χ1) is 2.89. The Balaban J connectivity index is 2.18. The molecule has 1 aliphatic heterocycles. The Hall–Kier alpha value is 0.310. The quantitative estimate of drug-likeness (QED) is 0.455. The van der Waals surface area contributed by atoms with Crippen molar-refractivity contribution in [2.24, 2.45) is 0 Å². The van der Waals surface area contributed by atoms with Crippen LogP contribution in [0, 0.1) is 0 Å². The van der Waals surface area contributed by atoms with Crippen LogP contribution in [0.15, 0.2) is 0 Å². The molecule has 1 aliphatic rings. The third kappa shape index (κ3) is 0.884. The lowest BCUT2D eigenvalue weighted by Gasteiger charge is -1.88. The summed E-state index contributed by atoms with van der Waals surface area (Å²) in [7, 11) is 0. The zero-order valence-corrected chi connectivity index (χ0v) is 4.62. The van der Waals surface area contributed by atoms with Gasteiger partial charge in [-0.25, -0.2) is 0 Å². The van der Waals surface area contributed by atoms with Crippen molar-refractivity contribution in [3.63, 3.8) is 0 Å². The molecule has 0 unspecified atom stereocenters. The maximum absolute atomic E-state index is 5.02. The highest BCUT2D eigenvalue weighted by Gasteiger charge is 2.08. The highest BCUT2D eigenvalue weighted by Crippen LogP contribution is 2.17. The number of hydrogen-bond acceptors (Lipinski definition) is 2. The fourth-order valence-electron chi connectivity index (χ4n) is 0.426. The van der Waals surface area contributed by atoms with Crippen molar-refractivity contribution in [3.05, 3.63) is 0 Å². The minimum Gasteiger partial charge on any atom is -0.370 e. The fraction of sp³-hybridized carbons (Fsp3) is 1.00. The van der Waals surface area contributed by atoms with Crippen molar-refractivity contribution in [2.75, 3.05) is 12.5 Å². The molecule has 1 atom stereocenters. The van der Waals surface area contributed by atoms with Gasteiger partial charge in [-0.1, -0.05) is 6.92 Å². The predicted molar refractivity (Wildman–Crippen MR) is 27.9 cm³/mol. The molecule has 0 N–H and O–H groups in total. The molecule has 0 aromatic heterocycles. The van der Waals surface area contributed by atoms with Gasteiger partial charge in [0.25, 0.3) is 0 Å². The van der Waals surface area contributed by atoms with Crippen molar-refractivity contribution >= 4 is 11.8 Å². The molecule has 0 amide bonds. The van der Waals surface area contributed by atoms with Crippen LogP contribution in [-0.4, -0.2) is 17.8 Å². The van der Waals surface area contributed by atoms with E-state index in [1.165, 1.54) is 0 Å². The van der Waals surface area contributed by atoms with Gasteiger partial charge in [0, 0.05) is 5.25 Å². The molecule has 6 heavy (non-hydrogen) atoms. The van der Waals surface area contributed by atoms with Gasteiger partial charge < -0.3 is 4.74 Å². The lowest BCUT2D eigenvalue weighted by Crippen LogP contribution is -1.93. The highest BCUT2D eigenvalue weighted by molar-refractivity contribution is 7.99. The average molecular weight is 104 g/mol. The molecule has 1 heterocycles. The van der Waals surface area contributed by atoms with Gasteiger partial charge in [0.2, 0.25) is 0 Å². The fourth-order valence-corrected chi connectivity index (χ4v) is 1.04. The van der Waals surface area contributed by atoms with E-state index in [1.807, 2.05) is 11.8 Å². The Morgan fingerprint density at radius 2 is 2.67 bits per heavy atom. The van der Waals surface area contributed by atoms with Crippen LogP contribution in [0.5, 0.6) is 0 Å². The molecule has 0 aliphatic carbocycles. The zero-order chi connectivity index (χ0) is 4.41. The molecule has 2 heteroatoms. The molecule has 0 saturated carbocycles. The van der Waals surface area contributed by atoms with E-state index in [9.17, 15) is 0 Å². The molecule has 1 rings (SSSR count). The van der Waals surface area contributed by atoms with Crippen molar-refractivity contribution in [2.45, 2.75) is 12.2 Å². The van der Waals surface area contributed by atoms with Gasteiger partial charge in [-0.2, -0.15) is 0 Å². The van der Waals surface area contributed by atoms with E-state index in [2.05, 4.69) is 6.92 Å². The monoisotopic (exact) mass is 104 g/mol. The number of thioether (sulfide) groups is 1. The van der Waals surface area contributed by atoms with Gasteiger partial charge in [-0.3, -0.25) is 0 Å². The van der Waals surface area contributed by atoms with Crippen LogP contribution in [-0.2, 0) is 4.74 Å². The molecule has 0 aromatic carbocycles. The number of ether oxygens (including phenoxy) is 1. The second-order valence-electron chi connectivity index (χ2n) is 1.47. The molecule has 1 saturated heterocycles. The summed E-state index contributed by atoms with van der Waals surface area (Å²) >= 11 is 1.87. The zero-order valence-electron chi connectivity index (χ0n) is 3.81. The maximum atomic E-state index is 5.02. The van der Waals surface area contributed by atoms with Gasteiger partial charge in [-0.05, 0) is 0 Å². The van der Waals surface area contributed by atoms with Crippen molar-refractivity contribution in [1.29, 1.82) is 0 Å². The molecule has 0 spiro atoms. The Labute approximate surface area is 42.1 Å². The van der Waals surface area contributed by atoms with Gasteiger partial charge >= 0.3 is 0 Å². The summed E-state index contributed by atoms with van der Waals surface area (Å²) < 4.78 is 5.02. The molecular formula is C4H8OS. The summed E-state index contributed by atoms with van der Waals surface area (Å²) in [5.41, 5.74) is 0. The van der Waals surface area contributed by atoms with Crippen LogP contribution >= 0.6 is 11.8 Å². The van der Waals surface area contributed by atoms with Crippen LogP contribution < -0.4 is 0 Å². The topological polar surface area (TPSA) is 9.23 Å². The second kappa shape index (κ2) is 1.85. The molecular weight excluding hydrogens is 96.1 g/mol. The van der Waals surface area contributed by atoms with Crippen LogP contribution in [0.4, 0.5) is 0 Å². The van der Waals surface area contributed by atoms with Crippen LogP contribution in [0.25, 0.3) is 0 Å². The van der Waals surface area contributed by atoms with E-state index in [-0.39, 0.29) is 0 Å². The smallest absolute Gasteiger partial charge is 0.0924 e. The highest BCUT2D eigenvalue weighted by atomic mass is 32.2. The minimum absolute atomic E-state index is 0.741. The number of hydrogen-bond donors (Lipinski definition) is 0. The predicted octanol–water partition coefficient (Wildman–Crippen LogP) is 1.10. The molecule has 1 fully saturated rings. The Morgan fingerprint density at radius 3 is 2.83 bits per heavy atom. The number of rotatable bonds is 0. The Bertz CT molecular complexity index is 40.8. The third-order valence-corrected chi connectivity index (χ3v) is 1.80. The van der Waals surface area contributed by atoms with Crippen LogP contribution in [0.1, 0.15) is 6.92 Å². The van der Waals surface area contributed by atoms with Crippen LogP contribution in [0.2, 0.25) is 0 Å². The Kier molecular flexibility index (Phi) is 1.37. The summed E-state index contributed by atoms with van der Waals surface area (Å²) in [5.74, 6) is 0.904. The summed E-state index contributed by atoms with van der Waals surface area (Å²) in [6, 6.07) is 0. The van der Waals surface area contributed by atoms with Crippen LogP contribution in [0.3, 0.4) is 0 Å². The summed E-state index contributed by atoms with van der Waals surface area (Å²) in [5, 5.41) is 0.741. The minimum atomic E-state index is 0.741. The molecule has 0 radical (unpaired) electrons. The van der Waals surface area contributed by atoms with E-state index in [4.69, 9.17) is 4.74 Å². The first-order valence-corrected chi connectivity index (χ1v) is 3.14. The van der Waals surface area contributed by atoms with Gasteiger partial charge in [-0.15, -0.1) is 11.8 Å². The third-order valence-electron chi connectivity index (χ3n) is 0.788. The van der Waals surface area contributed by atoms with E-state index < -0.39 is 0 Å². The maximum Gasteiger partial charge on any atom is 0.0924 e. The lowest BCUT2D eigenvalue weighted by molar-refractivity contribution is 0.206. The average Bonchev–Trinajstić information content (AvgIpc) is 1.86. The van der Waals surface area contributed by atoms with E-state index >= 15 is 0 Å². The molecule has 1 nitrogen and oxygen atoms in total. The normalized spacial score (nSPS) is 34.5. The summed E-state index contributed by atoms with van der Waals surface area (Å²) in [6.45, 7) is 3.13. The molecule has 36 valence electrons. The lowest BCUT2D eigenvalue weighted by atomic mass is 10.5. The van der Waals surface area contributed by atoms with E-state index in [0.717, 1.165) is 17.8 Å². The SMILES string of the molecule is C[C@@H]1COCS1. The largest absolute Gasteiger partial charge is 0.370 e. The first kappa shape index (κ1) is 4.47. The van der Waals surface area contributed by atoms with Gasteiger partial charge in [0.1, 0.15) is 0 Å². The first-order valence-electron chi connectivity index (χ1n) is 2.09.